The molecule has 2 N–H and O–H groups in total. The highest BCUT2D eigenvalue weighted by molar-refractivity contribution is 6.03. The molecule has 0 atom stereocenters. The predicted molar refractivity (Wildman–Crippen MR) is 52.2 cm³/mol. The number of hydrogen-bond acceptors (Lipinski definition) is 5. The zero-order valence-electron chi connectivity index (χ0n) is 8.44. The quantitative estimate of drug-likeness (QED) is 0.435. The van der Waals surface area contributed by atoms with Gasteiger partial charge in [-0.05, 0) is 17.7 Å². The highest BCUT2D eigenvalue weighted by Crippen LogP contribution is 2.26. The maximum absolute atomic E-state index is 11.4. The molecular weight excluding hydrogens is 214 g/mol. The lowest BCUT2D eigenvalue weighted by atomic mass is 10.0. The molecule has 0 aliphatic carbocycles. The molecule has 1 aromatic carbocycles. The molecule has 6 nitrogen and oxygen atoms in total. The molecule has 0 fully saturated rings. The van der Waals surface area contributed by atoms with Crippen LogP contribution in [0, 0.1) is 0 Å². The molecule has 0 aromatic heterocycles. The van der Waals surface area contributed by atoms with Crippen molar-refractivity contribution in [2.24, 2.45) is 0 Å². The fraction of sp³-hybridized carbons (Fsp3) is 0.200. The van der Waals surface area contributed by atoms with E-state index >= 15 is 0 Å². The van der Waals surface area contributed by atoms with Crippen LogP contribution < -0.4 is 10.2 Å². The van der Waals surface area contributed by atoms with Gasteiger partial charge in [-0.15, -0.1) is 0 Å². The highest BCUT2D eigenvalue weighted by Gasteiger charge is 2.26. The van der Waals surface area contributed by atoms with Gasteiger partial charge in [-0.1, -0.05) is 0 Å². The summed E-state index contributed by atoms with van der Waals surface area (Å²) in [5.74, 6) is -0.859. The molecule has 2 rings (SSSR count). The number of amides is 1. The zero-order valence-corrected chi connectivity index (χ0v) is 8.44. The topological polar surface area (TPSA) is 84.9 Å². The Morgan fingerprint density at radius 1 is 1.50 bits per heavy atom. The summed E-state index contributed by atoms with van der Waals surface area (Å²) in [6.07, 6.45) is 0. The van der Waals surface area contributed by atoms with Gasteiger partial charge in [0.1, 0.15) is 0 Å². The minimum Gasteiger partial charge on any atom is -0.465 e. The van der Waals surface area contributed by atoms with Crippen molar-refractivity contribution in [3.63, 3.8) is 0 Å². The highest BCUT2D eigenvalue weighted by atomic mass is 17.1. The lowest BCUT2D eigenvalue weighted by Crippen LogP contribution is -2.12. The maximum Gasteiger partial charge on any atom is 0.338 e. The molecule has 1 aliphatic rings. The van der Waals surface area contributed by atoms with E-state index in [1.807, 2.05) is 0 Å². The number of ether oxygens (including phenoxy) is 1. The largest absolute Gasteiger partial charge is 0.465 e. The molecule has 1 heterocycles. The first-order valence-electron chi connectivity index (χ1n) is 4.52. The van der Waals surface area contributed by atoms with Crippen LogP contribution >= 0.6 is 0 Å². The van der Waals surface area contributed by atoms with Crippen molar-refractivity contribution in [3.05, 3.63) is 28.8 Å². The third kappa shape index (κ3) is 1.49. The summed E-state index contributed by atoms with van der Waals surface area (Å²) >= 11 is 0. The van der Waals surface area contributed by atoms with Crippen molar-refractivity contribution in [1.29, 1.82) is 0 Å². The van der Waals surface area contributed by atoms with E-state index in [2.05, 4.69) is 14.9 Å². The molecular formula is C10H9NO5. The van der Waals surface area contributed by atoms with Crippen LogP contribution in [-0.2, 0) is 11.3 Å². The maximum atomic E-state index is 11.4. The van der Waals surface area contributed by atoms with Crippen LogP contribution in [0.2, 0.25) is 0 Å². The van der Waals surface area contributed by atoms with Gasteiger partial charge >= 0.3 is 5.97 Å². The zero-order chi connectivity index (χ0) is 11.7. The monoisotopic (exact) mass is 223 g/mol. The molecule has 1 aliphatic heterocycles. The molecule has 0 unspecified atom stereocenters. The summed E-state index contributed by atoms with van der Waals surface area (Å²) in [6.45, 7) is 0.268. The molecule has 0 saturated heterocycles. The van der Waals surface area contributed by atoms with Crippen molar-refractivity contribution in [3.8, 4) is 5.75 Å². The van der Waals surface area contributed by atoms with E-state index in [0.29, 0.717) is 11.1 Å². The fourth-order valence-electron chi connectivity index (χ4n) is 1.65. The molecule has 6 heteroatoms. The van der Waals surface area contributed by atoms with Crippen LogP contribution in [0.5, 0.6) is 5.75 Å². The van der Waals surface area contributed by atoms with E-state index < -0.39 is 5.97 Å². The van der Waals surface area contributed by atoms with Gasteiger partial charge in [0.2, 0.25) is 0 Å². The number of methoxy groups -OCH3 is 1. The number of hydrogen-bond donors (Lipinski definition) is 2. The first kappa shape index (κ1) is 10.4. The number of esters is 1. The SMILES string of the molecule is COC(=O)c1cc(OO)cc2c1CNC2=O. The minimum atomic E-state index is -0.577. The molecule has 84 valence electrons. The van der Waals surface area contributed by atoms with Gasteiger partial charge in [-0.3, -0.25) is 4.79 Å². The Bertz CT molecular complexity index is 469. The van der Waals surface area contributed by atoms with Crippen LogP contribution in [0.15, 0.2) is 12.1 Å². The summed E-state index contributed by atoms with van der Waals surface area (Å²) < 4.78 is 4.58. The Labute approximate surface area is 90.7 Å². The number of carbonyl (C=O) groups is 2. The van der Waals surface area contributed by atoms with Crippen LogP contribution in [0.4, 0.5) is 0 Å². The second-order valence-corrected chi connectivity index (χ2v) is 3.26. The second-order valence-electron chi connectivity index (χ2n) is 3.26. The molecule has 16 heavy (non-hydrogen) atoms. The van der Waals surface area contributed by atoms with E-state index in [1.165, 1.54) is 19.2 Å². The number of carbonyl (C=O) groups excluding carboxylic acids is 2. The lowest BCUT2D eigenvalue weighted by Gasteiger charge is -2.06. The third-order valence-corrected chi connectivity index (χ3v) is 2.40. The Morgan fingerprint density at radius 3 is 2.88 bits per heavy atom. The minimum absolute atomic E-state index is 0.0243. The van der Waals surface area contributed by atoms with Crippen LogP contribution in [-0.4, -0.2) is 24.2 Å². The Balaban J connectivity index is 2.60. The summed E-state index contributed by atoms with van der Waals surface area (Å²) in [5, 5.41) is 11.1. The van der Waals surface area contributed by atoms with Crippen molar-refractivity contribution in [2.75, 3.05) is 7.11 Å². The van der Waals surface area contributed by atoms with Gasteiger partial charge in [-0.25, -0.2) is 10.1 Å². The Hall–Kier alpha value is -2.08. The average Bonchev–Trinajstić information content (AvgIpc) is 2.69. The fourth-order valence-corrected chi connectivity index (χ4v) is 1.65. The van der Waals surface area contributed by atoms with Gasteiger partial charge < -0.3 is 14.9 Å². The van der Waals surface area contributed by atoms with Crippen LogP contribution in [0.3, 0.4) is 0 Å². The summed E-state index contributed by atoms with van der Waals surface area (Å²) in [5.41, 5.74) is 1.08. The number of nitrogens with one attached hydrogen (secondary N) is 1. The molecule has 0 saturated carbocycles. The first-order valence-corrected chi connectivity index (χ1v) is 4.52. The van der Waals surface area contributed by atoms with E-state index in [-0.39, 0.29) is 23.8 Å². The van der Waals surface area contributed by atoms with Crippen LogP contribution in [0.25, 0.3) is 0 Å². The second kappa shape index (κ2) is 3.82. The normalized spacial score (nSPS) is 13.0. The van der Waals surface area contributed by atoms with Crippen molar-refractivity contribution in [1.82, 2.24) is 5.32 Å². The molecule has 1 aromatic rings. The smallest absolute Gasteiger partial charge is 0.338 e. The van der Waals surface area contributed by atoms with Gasteiger partial charge in [0, 0.05) is 12.1 Å². The summed E-state index contributed by atoms with van der Waals surface area (Å²) in [6, 6.07) is 2.69. The van der Waals surface area contributed by atoms with E-state index in [4.69, 9.17) is 5.26 Å². The van der Waals surface area contributed by atoms with E-state index in [9.17, 15) is 9.59 Å². The van der Waals surface area contributed by atoms with Crippen molar-refractivity contribution < 1.29 is 24.5 Å². The van der Waals surface area contributed by atoms with Crippen LogP contribution in [0.1, 0.15) is 26.3 Å². The summed E-state index contributed by atoms with van der Waals surface area (Å²) in [4.78, 5) is 26.9. The Kier molecular flexibility index (Phi) is 2.49. The summed E-state index contributed by atoms with van der Waals surface area (Å²) in [7, 11) is 1.24. The Morgan fingerprint density at radius 2 is 2.25 bits per heavy atom. The average molecular weight is 223 g/mol. The lowest BCUT2D eigenvalue weighted by molar-refractivity contribution is -0.137. The van der Waals surface area contributed by atoms with Gasteiger partial charge in [0.25, 0.3) is 5.91 Å². The third-order valence-electron chi connectivity index (χ3n) is 2.40. The van der Waals surface area contributed by atoms with Gasteiger partial charge in [0.15, 0.2) is 5.75 Å². The van der Waals surface area contributed by atoms with E-state index in [0.717, 1.165) is 0 Å². The molecule has 0 bridgehead atoms. The predicted octanol–water partition coefficient (Wildman–Crippen LogP) is 0.568. The van der Waals surface area contributed by atoms with Gasteiger partial charge in [-0.2, -0.15) is 0 Å². The molecule has 1 amide bonds. The number of rotatable bonds is 2. The number of fused-ring (bicyclic) bond motifs is 1. The first-order chi connectivity index (χ1) is 7.67. The van der Waals surface area contributed by atoms with Crippen molar-refractivity contribution in [2.45, 2.75) is 6.54 Å². The standard InChI is InChI=1S/C10H9NO5/c1-15-10(13)7-3-5(16-14)2-6-8(7)4-11-9(6)12/h2-3,14H,4H2,1H3,(H,11,12). The van der Waals surface area contributed by atoms with E-state index in [1.54, 1.807) is 0 Å². The van der Waals surface area contributed by atoms with Gasteiger partial charge in [0.05, 0.1) is 12.7 Å². The number of benzene rings is 1. The van der Waals surface area contributed by atoms with Crippen molar-refractivity contribution >= 4 is 11.9 Å². The molecule has 0 spiro atoms. The molecule has 0 radical (unpaired) electrons.